The Kier molecular flexibility index (Phi) is 4.09. The summed E-state index contributed by atoms with van der Waals surface area (Å²) in [5.74, 6) is -1.89. The molecule has 118 valence electrons. The van der Waals surface area contributed by atoms with E-state index in [2.05, 4.69) is 4.98 Å². The van der Waals surface area contributed by atoms with E-state index >= 15 is 0 Å². The first-order chi connectivity index (χ1) is 10.6. The van der Waals surface area contributed by atoms with Gasteiger partial charge in [-0.2, -0.15) is 0 Å². The van der Waals surface area contributed by atoms with Gasteiger partial charge in [-0.3, -0.25) is 4.79 Å². The first-order valence-electron chi connectivity index (χ1n) is 7.62. The molecule has 1 aromatic carbocycles. The third-order valence-corrected chi connectivity index (χ3v) is 4.48. The number of fused-ring (bicyclic) bond motifs is 1. The zero-order valence-corrected chi connectivity index (χ0v) is 12.6. The first kappa shape index (κ1) is 14.9. The van der Waals surface area contributed by atoms with Gasteiger partial charge in [0.25, 0.3) is 0 Å². The summed E-state index contributed by atoms with van der Waals surface area (Å²) < 4.78 is 28.1. The van der Waals surface area contributed by atoms with Crippen molar-refractivity contribution in [2.45, 2.75) is 44.7 Å². The third-order valence-electron chi connectivity index (χ3n) is 4.48. The van der Waals surface area contributed by atoms with Crippen molar-refractivity contribution in [1.82, 2.24) is 14.5 Å². The number of hydrogen-bond acceptors (Lipinski definition) is 2. The SMILES string of the molecule is CN(C(=O)Cn1cnc2cc(F)c(F)cc21)C1CCCCC1. The molecule has 0 bridgehead atoms. The summed E-state index contributed by atoms with van der Waals surface area (Å²) in [5, 5.41) is 0. The number of carbonyl (C=O) groups excluding carboxylic acids is 1. The van der Waals surface area contributed by atoms with E-state index in [1.807, 2.05) is 7.05 Å². The van der Waals surface area contributed by atoms with Crippen LogP contribution in [0.4, 0.5) is 8.78 Å². The van der Waals surface area contributed by atoms with Crippen molar-refractivity contribution in [2.75, 3.05) is 7.05 Å². The molecule has 0 radical (unpaired) electrons. The molecule has 0 atom stereocenters. The van der Waals surface area contributed by atoms with Crippen molar-refractivity contribution < 1.29 is 13.6 Å². The van der Waals surface area contributed by atoms with Gasteiger partial charge in [-0.05, 0) is 12.8 Å². The first-order valence-corrected chi connectivity index (χ1v) is 7.62. The van der Waals surface area contributed by atoms with Gasteiger partial charge < -0.3 is 9.47 Å². The molecule has 2 aromatic rings. The summed E-state index contributed by atoms with van der Waals surface area (Å²) in [7, 11) is 1.82. The highest BCUT2D eigenvalue weighted by molar-refractivity contribution is 5.80. The van der Waals surface area contributed by atoms with E-state index in [0.717, 1.165) is 37.8 Å². The van der Waals surface area contributed by atoms with E-state index in [1.165, 1.54) is 12.7 Å². The molecule has 1 saturated carbocycles. The highest BCUT2D eigenvalue weighted by Crippen LogP contribution is 2.22. The number of benzene rings is 1. The molecule has 1 fully saturated rings. The average molecular weight is 307 g/mol. The van der Waals surface area contributed by atoms with Crippen LogP contribution < -0.4 is 0 Å². The number of hydrogen-bond donors (Lipinski definition) is 0. The van der Waals surface area contributed by atoms with Gasteiger partial charge in [0.15, 0.2) is 11.6 Å². The molecule has 0 spiro atoms. The van der Waals surface area contributed by atoms with Gasteiger partial charge in [-0.1, -0.05) is 19.3 Å². The highest BCUT2D eigenvalue weighted by Gasteiger charge is 2.22. The fraction of sp³-hybridized carbons (Fsp3) is 0.500. The number of halogens is 2. The molecule has 1 aromatic heterocycles. The Morgan fingerprint density at radius 1 is 1.27 bits per heavy atom. The summed E-state index contributed by atoms with van der Waals surface area (Å²) in [5.41, 5.74) is 0.788. The minimum absolute atomic E-state index is 0.0315. The lowest BCUT2D eigenvalue weighted by atomic mass is 9.94. The normalized spacial score (nSPS) is 16.1. The molecule has 0 aliphatic heterocycles. The van der Waals surface area contributed by atoms with Crippen LogP contribution in [0.1, 0.15) is 32.1 Å². The van der Waals surface area contributed by atoms with Crippen LogP contribution in [0.25, 0.3) is 11.0 Å². The largest absolute Gasteiger partial charge is 0.341 e. The van der Waals surface area contributed by atoms with Gasteiger partial charge in [0.05, 0.1) is 17.4 Å². The van der Waals surface area contributed by atoms with Crippen molar-refractivity contribution in [3.63, 3.8) is 0 Å². The fourth-order valence-electron chi connectivity index (χ4n) is 3.11. The van der Waals surface area contributed by atoms with Gasteiger partial charge in [0.2, 0.25) is 5.91 Å². The van der Waals surface area contributed by atoms with E-state index in [0.29, 0.717) is 11.0 Å². The summed E-state index contributed by atoms with van der Waals surface area (Å²) in [4.78, 5) is 18.2. The Bertz CT molecular complexity index is 692. The number of aromatic nitrogens is 2. The standard InChI is InChI=1S/C16H19F2N3O/c1-20(11-5-3-2-4-6-11)16(22)9-21-10-19-14-7-12(17)13(18)8-15(14)21/h7-8,10-11H,2-6,9H2,1H3. The van der Waals surface area contributed by atoms with Crippen LogP contribution in [0.3, 0.4) is 0 Å². The molecule has 22 heavy (non-hydrogen) atoms. The van der Waals surface area contributed by atoms with Crippen molar-refractivity contribution in [1.29, 1.82) is 0 Å². The second kappa shape index (κ2) is 6.02. The summed E-state index contributed by atoms with van der Waals surface area (Å²) >= 11 is 0. The number of carbonyl (C=O) groups is 1. The predicted molar refractivity (Wildman–Crippen MR) is 79.3 cm³/mol. The zero-order chi connectivity index (χ0) is 15.7. The lowest BCUT2D eigenvalue weighted by molar-refractivity contribution is -0.133. The minimum Gasteiger partial charge on any atom is -0.341 e. The topological polar surface area (TPSA) is 38.1 Å². The molecular formula is C16H19F2N3O. The van der Waals surface area contributed by atoms with Crippen molar-refractivity contribution in [3.05, 3.63) is 30.1 Å². The lowest BCUT2D eigenvalue weighted by Gasteiger charge is -2.31. The predicted octanol–water partition coefficient (Wildman–Crippen LogP) is 3.11. The molecule has 1 aliphatic carbocycles. The fourth-order valence-corrected chi connectivity index (χ4v) is 3.11. The van der Waals surface area contributed by atoms with E-state index < -0.39 is 11.6 Å². The average Bonchev–Trinajstić information content (AvgIpc) is 2.90. The Balaban J connectivity index is 1.77. The van der Waals surface area contributed by atoms with Crippen LogP contribution in [0, 0.1) is 11.6 Å². The summed E-state index contributed by atoms with van der Waals surface area (Å²) in [6.07, 6.45) is 7.06. The second-order valence-corrected chi connectivity index (χ2v) is 5.92. The van der Waals surface area contributed by atoms with E-state index in [4.69, 9.17) is 0 Å². The Morgan fingerprint density at radius 2 is 1.95 bits per heavy atom. The molecule has 0 saturated heterocycles. The van der Waals surface area contributed by atoms with Gasteiger partial charge in [0.1, 0.15) is 6.54 Å². The van der Waals surface area contributed by atoms with Crippen molar-refractivity contribution in [2.24, 2.45) is 0 Å². The zero-order valence-electron chi connectivity index (χ0n) is 12.6. The maximum absolute atomic E-state index is 13.4. The number of imidazole rings is 1. The van der Waals surface area contributed by atoms with Crippen LogP contribution >= 0.6 is 0 Å². The highest BCUT2D eigenvalue weighted by atomic mass is 19.2. The molecule has 4 nitrogen and oxygen atoms in total. The molecular weight excluding hydrogens is 288 g/mol. The maximum atomic E-state index is 13.4. The third kappa shape index (κ3) is 2.82. The van der Waals surface area contributed by atoms with Crippen LogP contribution in [0.5, 0.6) is 0 Å². The Morgan fingerprint density at radius 3 is 2.68 bits per heavy atom. The van der Waals surface area contributed by atoms with Crippen LogP contribution in [0.2, 0.25) is 0 Å². The van der Waals surface area contributed by atoms with Crippen molar-refractivity contribution in [3.8, 4) is 0 Å². The number of amides is 1. The van der Waals surface area contributed by atoms with Crippen LogP contribution in [-0.2, 0) is 11.3 Å². The van der Waals surface area contributed by atoms with E-state index in [1.54, 1.807) is 9.47 Å². The smallest absolute Gasteiger partial charge is 0.242 e. The number of rotatable bonds is 3. The molecule has 1 heterocycles. The quantitative estimate of drug-likeness (QED) is 0.874. The van der Waals surface area contributed by atoms with Gasteiger partial charge in [-0.25, -0.2) is 13.8 Å². The molecule has 1 amide bonds. The molecule has 3 rings (SSSR count). The summed E-state index contributed by atoms with van der Waals surface area (Å²) in [6, 6.07) is 2.42. The molecule has 0 unspecified atom stereocenters. The van der Waals surface area contributed by atoms with E-state index in [9.17, 15) is 13.6 Å². The second-order valence-electron chi connectivity index (χ2n) is 5.92. The number of likely N-dealkylation sites (N-methyl/N-ethyl adjacent to an activating group) is 1. The Labute approximate surface area is 127 Å². The van der Waals surface area contributed by atoms with Crippen LogP contribution in [-0.4, -0.2) is 33.4 Å². The lowest BCUT2D eigenvalue weighted by Crippen LogP contribution is -2.40. The Hall–Kier alpha value is -1.98. The maximum Gasteiger partial charge on any atom is 0.242 e. The van der Waals surface area contributed by atoms with Gasteiger partial charge in [0, 0.05) is 25.2 Å². The van der Waals surface area contributed by atoms with Gasteiger partial charge >= 0.3 is 0 Å². The van der Waals surface area contributed by atoms with E-state index in [-0.39, 0.29) is 18.5 Å². The molecule has 6 heteroatoms. The molecule has 1 aliphatic rings. The van der Waals surface area contributed by atoms with Crippen LogP contribution in [0.15, 0.2) is 18.5 Å². The monoisotopic (exact) mass is 307 g/mol. The summed E-state index contributed by atoms with van der Waals surface area (Å²) in [6.45, 7) is 0.0918. The number of nitrogens with zero attached hydrogens (tertiary/aromatic N) is 3. The minimum atomic E-state index is -0.928. The van der Waals surface area contributed by atoms with Crippen molar-refractivity contribution >= 4 is 16.9 Å². The molecule has 0 N–H and O–H groups in total. The van der Waals surface area contributed by atoms with Gasteiger partial charge in [-0.15, -0.1) is 0 Å².